The van der Waals surface area contributed by atoms with Crippen molar-refractivity contribution in [1.82, 2.24) is 30.2 Å². The number of carbonyl (C=O) groups is 2. The predicted octanol–water partition coefficient (Wildman–Crippen LogP) is 1.49. The van der Waals surface area contributed by atoms with Crippen LogP contribution in [0.15, 0.2) is 11.8 Å². The largest absolute Gasteiger partial charge is 0.369 e. The van der Waals surface area contributed by atoms with E-state index in [1.54, 1.807) is 0 Å². The SMILES string of the molecule is CN(C)CC(C)(C)CNC(=O)C1=CN2C3CCCCC3OC3C(NCCCN4CCN(C)CC4)C(F)CC(C1=O)C32. The van der Waals surface area contributed by atoms with Crippen LogP contribution in [0.1, 0.15) is 52.4 Å². The quantitative estimate of drug-likeness (QED) is 0.299. The van der Waals surface area contributed by atoms with E-state index in [1.165, 1.54) is 0 Å². The number of morpholine rings is 1. The summed E-state index contributed by atoms with van der Waals surface area (Å²) < 4.78 is 22.6. The summed E-state index contributed by atoms with van der Waals surface area (Å²) in [6.45, 7) is 11.6. The summed E-state index contributed by atoms with van der Waals surface area (Å²) in [6, 6.07) is -0.550. The molecule has 5 aliphatic rings. The highest BCUT2D eigenvalue weighted by Crippen LogP contribution is 2.45. The highest BCUT2D eigenvalue weighted by molar-refractivity contribution is 6.20. The van der Waals surface area contributed by atoms with Crippen LogP contribution < -0.4 is 10.6 Å². The molecule has 10 heteroatoms. The molecule has 9 nitrogen and oxygen atoms in total. The smallest absolute Gasteiger partial charge is 0.256 e. The number of halogens is 1. The van der Waals surface area contributed by atoms with Crippen molar-refractivity contribution < 1.29 is 18.7 Å². The van der Waals surface area contributed by atoms with Gasteiger partial charge in [0.1, 0.15) is 6.17 Å². The number of ether oxygens (including phenoxy) is 1. The molecule has 0 aromatic carbocycles. The Hall–Kier alpha value is -1.59. The van der Waals surface area contributed by atoms with Crippen molar-refractivity contribution in [2.75, 3.05) is 73.5 Å². The van der Waals surface area contributed by atoms with Crippen molar-refractivity contribution in [3.8, 4) is 0 Å². The van der Waals surface area contributed by atoms with Crippen LogP contribution in [0.25, 0.3) is 0 Å². The molecule has 3 heterocycles. The Bertz CT molecular complexity index is 967. The van der Waals surface area contributed by atoms with Crippen LogP contribution in [0, 0.1) is 11.3 Å². The maximum absolute atomic E-state index is 15.9. The zero-order valence-corrected chi connectivity index (χ0v) is 25.9. The molecule has 2 saturated carbocycles. The summed E-state index contributed by atoms with van der Waals surface area (Å²) in [5, 5.41) is 6.55. The Morgan fingerprint density at radius 2 is 1.90 bits per heavy atom. The third-order valence-corrected chi connectivity index (χ3v) is 9.92. The van der Waals surface area contributed by atoms with E-state index < -0.39 is 24.2 Å². The zero-order valence-electron chi connectivity index (χ0n) is 25.9. The number of Topliss-reactive ketones (excluding diaryl/α,β-unsaturated/α-hetero) is 1. The third kappa shape index (κ3) is 6.98. The number of piperazine rings is 1. The van der Waals surface area contributed by atoms with E-state index in [0.717, 1.165) is 77.9 Å². The van der Waals surface area contributed by atoms with Crippen LogP contribution in [0.4, 0.5) is 4.39 Å². The molecule has 1 amide bonds. The summed E-state index contributed by atoms with van der Waals surface area (Å²) in [5.74, 6) is -1.13. The van der Waals surface area contributed by atoms with Gasteiger partial charge in [-0.2, -0.15) is 0 Å². The lowest BCUT2D eigenvalue weighted by molar-refractivity contribution is -0.197. The Kier molecular flexibility index (Phi) is 9.75. The number of nitrogens with one attached hydrogen (secondary N) is 2. The summed E-state index contributed by atoms with van der Waals surface area (Å²) in [4.78, 5) is 36.4. The van der Waals surface area contributed by atoms with E-state index in [9.17, 15) is 9.59 Å². The van der Waals surface area contributed by atoms with Gasteiger partial charge in [-0.15, -0.1) is 0 Å². The number of hydrogen-bond acceptors (Lipinski definition) is 8. The van der Waals surface area contributed by atoms with Gasteiger partial charge in [0, 0.05) is 51.4 Å². The fourth-order valence-electron chi connectivity index (χ4n) is 7.96. The lowest BCUT2D eigenvalue weighted by Crippen LogP contribution is -2.72. The van der Waals surface area contributed by atoms with Crippen molar-refractivity contribution in [1.29, 1.82) is 0 Å². The molecule has 3 aliphatic heterocycles. The lowest BCUT2D eigenvalue weighted by atomic mass is 9.69. The molecule has 2 aliphatic carbocycles. The third-order valence-electron chi connectivity index (χ3n) is 9.92. The van der Waals surface area contributed by atoms with E-state index in [1.807, 2.05) is 20.3 Å². The Morgan fingerprint density at radius 3 is 2.63 bits per heavy atom. The minimum absolute atomic E-state index is 0.00150. The molecule has 0 bridgehead atoms. The standard InChI is InChI=1S/C31H53FN6O3/c1-31(2,20-35(3)4)19-34-30(40)22-18-38-24-9-6-7-10-25(24)41-29-26(23(32)17-21(27(29)38)28(22)39)33-11-8-12-37-15-13-36(5)14-16-37/h18,21,23-27,29,33H,6-17,19-20H2,1-5H3,(H,34,40). The molecule has 41 heavy (non-hydrogen) atoms. The average Bonchev–Trinajstić information content (AvgIpc) is 2.92. The average molecular weight is 577 g/mol. The van der Waals surface area contributed by atoms with Crippen molar-refractivity contribution in [2.24, 2.45) is 11.3 Å². The summed E-state index contributed by atoms with van der Waals surface area (Å²) in [6.07, 6.45) is 5.40. The fraction of sp³-hybridized carbons (Fsp3) is 0.871. The van der Waals surface area contributed by atoms with E-state index in [-0.39, 0.29) is 47.3 Å². The first-order valence-corrected chi connectivity index (χ1v) is 15.9. The molecule has 2 N–H and O–H groups in total. The van der Waals surface area contributed by atoms with Crippen molar-refractivity contribution in [2.45, 2.75) is 88.9 Å². The Labute approximate surface area is 246 Å². The first kappa shape index (κ1) is 30.9. The van der Waals surface area contributed by atoms with Crippen molar-refractivity contribution >= 4 is 11.7 Å². The molecule has 232 valence electrons. The van der Waals surface area contributed by atoms with Crippen LogP contribution in [0.5, 0.6) is 0 Å². The number of fused-ring (bicyclic) bond motifs is 2. The number of nitrogens with zero attached hydrogens (tertiary/aromatic N) is 4. The minimum Gasteiger partial charge on any atom is -0.369 e. The highest BCUT2D eigenvalue weighted by Gasteiger charge is 2.58. The second-order valence-corrected chi connectivity index (χ2v) is 14.3. The van der Waals surface area contributed by atoms with Gasteiger partial charge < -0.3 is 35.0 Å². The zero-order chi connectivity index (χ0) is 29.3. The lowest BCUT2D eigenvalue weighted by Gasteiger charge is -2.59. The molecular formula is C31H53FN6O3. The Morgan fingerprint density at radius 1 is 1.17 bits per heavy atom. The summed E-state index contributed by atoms with van der Waals surface area (Å²) in [7, 11) is 6.19. The highest BCUT2D eigenvalue weighted by atomic mass is 19.1. The summed E-state index contributed by atoms with van der Waals surface area (Å²) >= 11 is 0. The van der Waals surface area contributed by atoms with E-state index in [4.69, 9.17) is 4.74 Å². The first-order chi connectivity index (χ1) is 19.5. The number of hydrogen-bond donors (Lipinski definition) is 2. The van der Waals surface area contributed by atoms with E-state index >= 15 is 4.39 Å². The number of ketones is 1. The number of amides is 1. The second-order valence-electron chi connectivity index (χ2n) is 14.3. The topological polar surface area (TPSA) is 80.4 Å². The fourth-order valence-corrected chi connectivity index (χ4v) is 7.96. The van der Waals surface area contributed by atoms with Crippen molar-refractivity contribution in [3.63, 3.8) is 0 Å². The maximum Gasteiger partial charge on any atom is 0.256 e. The number of carbonyl (C=O) groups excluding carboxylic acids is 2. The van der Waals surface area contributed by atoms with Crippen LogP contribution in [-0.4, -0.2) is 141 Å². The van der Waals surface area contributed by atoms with Crippen LogP contribution in [0.3, 0.4) is 0 Å². The number of alkyl halides is 1. The van der Waals surface area contributed by atoms with Gasteiger partial charge in [0.2, 0.25) is 0 Å². The van der Waals surface area contributed by atoms with E-state index in [0.29, 0.717) is 6.54 Å². The number of rotatable bonds is 10. The van der Waals surface area contributed by atoms with Gasteiger partial charge in [0.25, 0.3) is 5.91 Å². The molecule has 0 aromatic rings. The Balaban J connectivity index is 1.29. The molecule has 0 spiro atoms. The van der Waals surface area contributed by atoms with Gasteiger partial charge in [-0.1, -0.05) is 26.7 Å². The van der Waals surface area contributed by atoms with Crippen LogP contribution in [0.2, 0.25) is 0 Å². The first-order valence-electron chi connectivity index (χ1n) is 15.9. The molecule has 4 fully saturated rings. The van der Waals surface area contributed by atoms with Crippen LogP contribution >= 0.6 is 0 Å². The van der Waals surface area contributed by atoms with E-state index in [2.05, 4.69) is 51.1 Å². The second kappa shape index (κ2) is 13.0. The van der Waals surface area contributed by atoms with Gasteiger partial charge in [0.05, 0.1) is 35.9 Å². The molecule has 0 radical (unpaired) electrons. The monoisotopic (exact) mass is 576 g/mol. The van der Waals surface area contributed by atoms with Gasteiger partial charge in [-0.25, -0.2) is 4.39 Å². The molecule has 0 aromatic heterocycles. The van der Waals surface area contributed by atoms with Crippen molar-refractivity contribution in [3.05, 3.63) is 11.8 Å². The molecule has 7 unspecified atom stereocenters. The van der Waals surface area contributed by atoms with Gasteiger partial charge in [-0.3, -0.25) is 9.59 Å². The number of likely N-dealkylation sites (N-methyl/N-ethyl adjacent to an activating group) is 1. The minimum atomic E-state index is -1.20. The van der Waals surface area contributed by atoms with Gasteiger partial charge in [-0.05, 0) is 65.3 Å². The predicted molar refractivity (Wildman–Crippen MR) is 158 cm³/mol. The summed E-state index contributed by atoms with van der Waals surface area (Å²) in [5.41, 5.74) is 0.0408. The molecule has 7 atom stereocenters. The van der Waals surface area contributed by atoms with Gasteiger partial charge >= 0.3 is 0 Å². The molecule has 2 saturated heterocycles. The van der Waals surface area contributed by atoms with Gasteiger partial charge in [0.15, 0.2) is 5.78 Å². The van der Waals surface area contributed by atoms with Crippen LogP contribution in [-0.2, 0) is 14.3 Å². The normalized spacial score (nSPS) is 34.7. The molecular weight excluding hydrogens is 523 g/mol. The maximum atomic E-state index is 15.9. The molecule has 5 rings (SSSR count).